The lowest BCUT2D eigenvalue weighted by Gasteiger charge is -2.20. The molecule has 0 bridgehead atoms. The zero-order chi connectivity index (χ0) is 17.6. The zero-order valence-corrected chi connectivity index (χ0v) is 14.2. The third kappa shape index (κ3) is 6.95. The van der Waals surface area contributed by atoms with E-state index >= 15 is 0 Å². The van der Waals surface area contributed by atoms with Crippen LogP contribution in [0.15, 0.2) is 24.3 Å². The quantitative estimate of drug-likeness (QED) is 0.835. The van der Waals surface area contributed by atoms with Gasteiger partial charge < -0.3 is 10.1 Å². The molecule has 6 nitrogen and oxygen atoms in total. The monoisotopic (exact) mass is 320 g/mol. The summed E-state index contributed by atoms with van der Waals surface area (Å²) in [5, 5.41) is 4.68. The molecule has 0 saturated heterocycles. The number of hydrogen-bond acceptors (Lipinski definition) is 4. The van der Waals surface area contributed by atoms with Gasteiger partial charge in [0.1, 0.15) is 0 Å². The largest absolute Gasteiger partial charge is 0.452 e. The molecule has 0 aromatic heterocycles. The van der Waals surface area contributed by atoms with Crippen molar-refractivity contribution < 1.29 is 19.1 Å². The Morgan fingerprint density at radius 3 is 2.13 bits per heavy atom. The molecular formula is C17H24N2O4. The number of esters is 1. The number of imide groups is 1. The van der Waals surface area contributed by atoms with Gasteiger partial charge in [-0.3, -0.25) is 10.1 Å². The molecule has 0 aliphatic carbocycles. The summed E-state index contributed by atoms with van der Waals surface area (Å²) >= 11 is 0. The molecular weight excluding hydrogens is 296 g/mol. The van der Waals surface area contributed by atoms with Crippen molar-refractivity contribution >= 4 is 17.9 Å². The third-order valence-electron chi connectivity index (χ3n) is 2.89. The van der Waals surface area contributed by atoms with Crippen molar-refractivity contribution in [2.24, 2.45) is 0 Å². The van der Waals surface area contributed by atoms with Crippen LogP contribution in [0.2, 0.25) is 0 Å². The fraction of sp³-hybridized carbons (Fsp3) is 0.471. The second-order valence-electron chi connectivity index (χ2n) is 6.61. The van der Waals surface area contributed by atoms with Crippen LogP contribution in [0.1, 0.15) is 56.5 Å². The standard InChI is InChI=1S/C17H24N2O4/c1-11(2)12-6-8-13(9-7-12)15(21)23-10-14(20)18-16(22)19-17(3,4)5/h6-9,11H,10H2,1-5H3,(H2,18,19,20,22). The van der Waals surface area contributed by atoms with Gasteiger partial charge in [0.2, 0.25) is 0 Å². The molecule has 0 spiro atoms. The van der Waals surface area contributed by atoms with Crippen LogP contribution in [-0.2, 0) is 9.53 Å². The van der Waals surface area contributed by atoms with Gasteiger partial charge in [-0.15, -0.1) is 0 Å². The summed E-state index contributed by atoms with van der Waals surface area (Å²) in [7, 11) is 0. The van der Waals surface area contributed by atoms with Gasteiger partial charge in [0.25, 0.3) is 5.91 Å². The Hall–Kier alpha value is -2.37. The van der Waals surface area contributed by atoms with Crippen molar-refractivity contribution in [3.05, 3.63) is 35.4 Å². The van der Waals surface area contributed by atoms with E-state index in [9.17, 15) is 14.4 Å². The minimum atomic E-state index is -0.682. The highest BCUT2D eigenvalue weighted by molar-refractivity contribution is 5.97. The number of nitrogens with one attached hydrogen (secondary N) is 2. The van der Waals surface area contributed by atoms with E-state index in [1.807, 2.05) is 12.1 Å². The highest BCUT2D eigenvalue weighted by atomic mass is 16.5. The molecule has 0 aliphatic heterocycles. The Balaban J connectivity index is 2.46. The Morgan fingerprint density at radius 1 is 1.09 bits per heavy atom. The summed E-state index contributed by atoms with van der Waals surface area (Å²) in [6.07, 6.45) is 0. The molecule has 0 heterocycles. The fourth-order valence-corrected chi connectivity index (χ4v) is 1.75. The topological polar surface area (TPSA) is 84.5 Å². The van der Waals surface area contributed by atoms with Gasteiger partial charge in [-0.2, -0.15) is 0 Å². The lowest BCUT2D eigenvalue weighted by Crippen LogP contribution is -2.49. The molecule has 0 unspecified atom stereocenters. The van der Waals surface area contributed by atoms with Gasteiger partial charge in [-0.05, 0) is 44.4 Å². The normalized spacial score (nSPS) is 11.0. The number of amides is 3. The number of ether oxygens (including phenoxy) is 1. The summed E-state index contributed by atoms with van der Waals surface area (Å²) in [6, 6.07) is 6.37. The van der Waals surface area contributed by atoms with E-state index in [0.717, 1.165) is 5.56 Å². The third-order valence-corrected chi connectivity index (χ3v) is 2.89. The fourth-order valence-electron chi connectivity index (χ4n) is 1.75. The van der Waals surface area contributed by atoms with Crippen molar-refractivity contribution in [3.63, 3.8) is 0 Å². The molecule has 0 fully saturated rings. The lowest BCUT2D eigenvalue weighted by atomic mass is 10.0. The van der Waals surface area contributed by atoms with Crippen LogP contribution in [0.3, 0.4) is 0 Å². The number of carbonyl (C=O) groups excluding carboxylic acids is 3. The molecule has 23 heavy (non-hydrogen) atoms. The second kappa shape index (κ2) is 7.76. The molecule has 0 aliphatic rings. The molecule has 1 aromatic rings. The Kier molecular flexibility index (Phi) is 6.30. The first-order chi connectivity index (χ1) is 10.6. The van der Waals surface area contributed by atoms with E-state index in [2.05, 4.69) is 24.5 Å². The van der Waals surface area contributed by atoms with Crippen LogP contribution < -0.4 is 10.6 Å². The SMILES string of the molecule is CC(C)c1ccc(C(=O)OCC(=O)NC(=O)NC(C)(C)C)cc1. The van der Waals surface area contributed by atoms with Crippen molar-refractivity contribution in [1.82, 2.24) is 10.6 Å². The summed E-state index contributed by atoms with van der Waals surface area (Å²) < 4.78 is 4.89. The molecule has 1 aromatic carbocycles. The number of urea groups is 1. The first-order valence-corrected chi connectivity index (χ1v) is 7.47. The van der Waals surface area contributed by atoms with Crippen molar-refractivity contribution in [1.29, 1.82) is 0 Å². The van der Waals surface area contributed by atoms with Crippen LogP contribution >= 0.6 is 0 Å². The van der Waals surface area contributed by atoms with Gasteiger partial charge in [0, 0.05) is 5.54 Å². The molecule has 0 atom stereocenters. The number of carbonyl (C=O) groups is 3. The van der Waals surface area contributed by atoms with E-state index in [1.165, 1.54) is 0 Å². The first-order valence-electron chi connectivity index (χ1n) is 7.47. The number of hydrogen-bond donors (Lipinski definition) is 2. The molecule has 6 heteroatoms. The smallest absolute Gasteiger partial charge is 0.338 e. The maximum atomic E-state index is 11.8. The highest BCUT2D eigenvalue weighted by Gasteiger charge is 2.17. The molecule has 0 saturated carbocycles. The predicted octanol–water partition coefficient (Wildman–Crippen LogP) is 2.59. The van der Waals surface area contributed by atoms with Crippen molar-refractivity contribution in [2.45, 2.75) is 46.1 Å². The van der Waals surface area contributed by atoms with Gasteiger partial charge in [-0.1, -0.05) is 26.0 Å². The summed E-state index contributed by atoms with van der Waals surface area (Å²) in [5.41, 5.74) is 1.01. The minimum absolute atomic E-state index is 0.362. The Bertz CT molecular complexity index is 571. The van der Waals surface area contributed by atoms with Crippen molar-refractivity contribution in [2.75, 3.05) is 6.61 Å². The molecule has 126 valence electrons. The van der Waals surface area contributed by atoms with E-state index < -0.39 is 30.1 Å². The van der Waals surface area contributed by atoms with E-state index in [4.69, 9.17) is 4.74 Å². The van der Waals surface area contributed by atoms with Crippen LogP contribution in [0, 0.1) is 0 Å². The van der Waals surface area contributed by atoms with Gasteiger partial charge in [-0.25, -0.2) is 9.59 Å². The molecule has 1 rings (SSSR count). The molecule has 0 radical (unpaired) electrons. The maximum Gasteiger partial charge on any atom is 0.338 e. The van der Waals surface area contributed by atoms with Gasteiger partial charge in [0.05, 0.1) is 5.56 Å². The van der Waals surface area contributed by atoms with Crippen molar-refractivity contribution in [3.8, 4) is 0 Å². The summed E-state index contributed by atoms with van der Waals surface area (Å²) in [5.74, 6) is -0.919. The van der Waals surface area contributed by atoms with Crippen LogP contribution in [-0.4, -0.2) is 30.1 Å². The average Bonchev–Trinajstić information content (AvgIpc) is 2.42. The van der Waals surface area contributed by atoms with E-state index in [1.54, 1.807) is 32.9 Å². The van der Waals surface area contributed by atoms with Gasteiger partial charge >= 0.3 is 12.0 Å². The second-order valence-corrected chi connectivity index (χ2v) is 6.61. The maximum absolute atomic E-state index is 11.8. The Labute approximate surface area is 136 Å². The zero-order valence-electron chi connectivity index (χ0n) is 14.2. The van der Waals surface area contributed by atoms with Crippen LogP contribution in [0.25, 0.3) is 0 Å². The molecule has 3 amide bonds. The van der Waals surface area contributed by atoms with E-state index in [0.29, 0.717) is 11.5 Å². The highest BCUT2D eigenvalue weighted by Crippen LogP contribution is 2.15. The van der Waals surface area contributed by atoms with E-state index in [-0.39, 0.29) is 0 Å². The van der Waals surface area contributed by atoms with Crippen LogP contribution in [0.5, 0.6) is 0 Å². The Morgan fingerprint density at radius 2 is 1.65 bits per heavy atom. The summed E-state index contributed by atoms with van der Waals surface area (Å²) in [6.45, 7) is 8.97. The minimum Gasteiger partial charge on any atom is -0.452 e. The van der Waals surface area contributed by atoms with Gasteiger partial charge in [0.15, 0.2) is 6.61 Å². The predicted molar refractivity (Wildman–Crippen MR) is 87.2 cm³/mol. The summed E-state index contributed by atoms with van der Waals surface area (Å²) in [4.78, 5) is 34.9. The average molecular weight is 320 g/mol. The first kappa shape index (κ1) is 18.7. The number of benzene rings is 1. The molecule has 2 N–H and O–H groups in total. The lowest BCUT2D eigenvalue weighted by molar-refractivity contribution is -0.123. The number of rotatable bonds is 4. The van der Waals surface area contributed by atoms with Crippen LogP contribution in [0.4, 0.5) is 4.79 Å².